The second kappa shape index (κ2) is 14.0. The normalized spacial score (nSPS) is 10.7. The maximum atomic E-state index is 12.4. The first kappa shape index (κ1) is 26.8. The first-order valence-electron chi connectivity index (χ1n) is 11.6. The zero-order valence-corrected chi connectivity index (χ0v) is 20.7. The number of carbonyl (C=O) groups excluding carboxylic acids is 2. The van der Waals surface area contributed by atoms with Crippen LogP contribution in [-0.4, -0.2) is 32.7 Å². The Kier molecular flexibility index (Phi) is 10.1. The number of nitrogens with zero attached hydrogens (tertiary/aromatic N) is 1. The smallest absolute Gasteiger partial charge is 0.311 e. The van der Waals surface area contributed by atoms with Gasteiger partial charge in [0.15, 0.2) is 11.5 Å². The van der Waals surface area contributed by atoms with Crippen molar-refractivity contribution in [1.29, 1.82) is 5.26 Å². The van der Waals surface area contributed by atoms with Crippen molar-refractivity contribution < 1.29 is 28.5 Å². The predicted molar refractivity (Wildman–Crippen MR) is 138 cm³/mol. The van der Waals surface area contributed by atoms with Gasteiger partial charge in [-0.15, -0.1) is 0 Å². The molecule has 0 spiro atoms. The van der Waals surface area contributed by atoms with Crippen LogP contribution >= 0.6 is 0 Å². The Balaban J connectivity index is 1.53. The summed E-state index contributed by atoms with van der Waals surface area (Å²) in [7, 11) is 3.04. The van der Waals surface area contributed by atoms with E-state index in [-0.39, 0.29) is 17.7 Å². The van der Waals surface area contributed by atoms with E-state index in [0.29, 0.717) is 36.6 Å². The largest absolute Gasteiger partial charge is 0.497 e. The average molecular weight is 501 g/mol. The zero-order chi connectivity index (χ0) is 26.5. The van der Waals surface area contributed by atoms with Crippen LogP contribution in [0, 0.1) is 11.3 Å². The van der Waals surface area contributed by atoms with Crippen LogP contribution in [0.1, 0.15) is 24.0 Å². The molecule has 1 N–H and O–H groups in total. The molecule has 0 fully saturated rings. The second-order valence-electron chi connectivity index (χ2n) is 7.85. The third-order valence-corrected chi connectivity index (χ3v) is 5.24. The van der Waals surface area contributed by atoms with Crippen molar-refractivity contribution in [3.63, 3.8) is 0 Å². The van der Waals surface area contributed by atoms with E-state index in [1.165, 1.54) is 13.2 Å². The van der Waals surface area contributed by atoms with E-state index < -0.39 is 11.9 Å². The molecule has 0 bridgehead atoms. The summed E-state index contributed by atoms with van der Waals surface area (Å²) in [6, 6.07) is 23.3. The van der Waals surface area contributed by atoms with Crippen LogP contribution < -0.4 is 24.3 Å². The van der Waals surface area contributed by atoms with E-state index in [1.54, 1.807) is 49.6 Å². The minimum absolute atomic E-state index is 0.0559. The molecule has 0 radical (unpaired) electrons. The summed E-state index contributed by atoms with van der Waals surface area (Å²) in [6.45, 7) is 0.660. The Morgan fingerprint density at radius 3 is 2.32 bits per heavy atom. The molecule has 0 atom stereocenters. The van der Waals surface area contributed by atoms with Crippen LogP contribution in [0.2, 0.25) is 0 Å². The van der Waals surface area contributed by atoms with E-state index in [0.717, 1.165) is 11.3 Å². The molecule has 37 heavy (non-hydrogen) atoms. The number of nitriles is 1. The lowest BCUT2D eigenvalue weighted by Gasteiger charge is -2.11. The van der Waals surface area contributed by atoms with Gasteiger partial charge in [-0.2, -0.15) is 5.26 Å². The van der Waals surface area contributed by atoms with Crippen molar-refractivity contribution in [3.8, 4) is 29.1 Å². The number of amides is 1. The van der Waals surface area contributed by atoms with E-state index in [2.05, 4.69) is 5.32 Å². The molecule has 0 saturated carbocycles. The standard InChI is InChI=1S/C29H28N2O6/c1-34-24-11-13-25(14-12-24)36-16-6-9-28(32)37-26-15-10-22(18-27(26)35-2)17-23(19-30)29(33)31-20-21-7-4-3-5-8-21/h3-5,7-8,10-15,17-18H,6,9,16,20H2,1-2H3,(H,31,33)/b23-17+. The SMILES string of the molecule is COc1ccc(OCCCC(=O)Oc2ccc(/C=C(\C#N)C(=O)NCc3ccccc3)cc2OC)cc1. The van der Waals surface area contributed by atoms with Crippen molar-refractivity contribution in [2.45, 2.75) is 19.4 Å². The molecule has 3 aromatic carbocycles. The monoisotopic (exact) mass is 500 g/mol. The molecule has 0 aliphatic carbocycles. The Morgan fingerprint density at radius 2 is 1.65 bits per heavy atom. The highest BCUT2D eigenvalue weighted by Gasteiger charge is 2.13. The minimum atomic E-state index is -0.488. The first-order valence-corrected chi connectivity index (χ1v) is 11.6. The van der Waals surface area contributed by atoms with E-state index >= 15 is 0 Å². The van der Waals surface area contributed by atoms with Crippen LogP contribution in [-0.2, 0) is 16.1 Å². The lowest BCUT2D eigenvalue weighted by atomic mass is 10.1. The lowest BCUT2D eigenvalue weighted by molar-refractivity contribution is -0.134. The molecule has 0 heterocycles. The number of carbonyl (C=O) groups is 2. The molecule has 190 valence electrons. The highest BCUT2D eigenvalue weighted by atomic mass is 16.6. The van der Waals surface area contributed by atoms with E-state index in [9.17, 15) is 14.9 Å². The number of hydrogen-bond acceptors (Lipinski definition) is 7. The van der Waals surface area contributed by atoms with Crippen molar-refractivity contribution in [3.05, 3.63) is 89.5 Å². The molecule has 0 aliphatic heterocycles. The molecule has 3 aromatic rings. The van der Waals surface area contributed by atoms with Crippen molar-refractivity contribution in [1.82, 2.24) is 5.32 Å². The van der Waals surface area contributed by atoms with Gasteiger partial charge in [-0.3, -0.25) is 9.59 Å². The van der Waals surface area contributed by atoms with Gasteiger partial charge < -0.3 is 24.3 Å². The molecule has 0 aromatic heterocycles. The van der Waals surface area contributed by atoms with Gasteiger partial charge in [0.25, 0.3) is 5.91 Å². The third-order valence-electron chi connectivity index (χ3n) is 5.24. The molecule has 0 unspecified atom stereocenters. The second-order valence-corrected chi connectivity index (χ2v) is 7.85. The first-order chi connectivity index (χ1) is 18.0. The molecule has 3 rings (SSSR count). The molecular formula is C29H28N2O6. The fourth-order valence-electron chi connectivity index (χ4n) is 3.30. The van der Waals surface area contributed by atoms with Gasteiger partial charge in [0.05, 0.1) is 20.8 Å². The molecule has 8 heteroatoms. The van der Waals surface area contributed by atoms with Gasteiger partial charge >= 0.3 is 5.97 Å². The maximum Gasteiger partial charge on any atom is 0.311 e. The van der Waals surface area contributed by atoms with Crippen LogP contribution in [0.5, 0.6) is 23.0 Å². The van der Waals surface area contributed by atoms with Crippen LogP contribution in [0.3, 0.4) is 0 Å². The lowest BCUT2D eigenvalue weighted by Crippen LogP contribution is -2.23. The molecule has 0 aliphatic rings. The zero-order valence-electron chi connectivity index (χ0n) is 20.7. The Morgan fingerprint density at radius 1 is 0.919 bits per heavy atom. The number of nitrogens with one attached hydrogen (secondary N) is 1. The van der Waals surface area contributed by atoms with E-state index in [1.807, 2.05) is 36.4 Å². The van der Waals surface area contributed by atoms with Crippen LogP contribution in [0.25, 0.3) is 6.08 Å². The van der Waals surface area contributed by atoms with Gasteiger partial charge in [0.1, 0.15) is 23.1 Å². The van der Waals surface area contributed by atoms with E-state index in [4.69, 9.17) is 18.9 Å². The number of methoxy groups -OCH3 is 2. The minimum Gasteiger partial charge on any atom is -0.497 e. The summed E-state index contributed by atoms with van der Waals surface area (Å²) in [4.78, 5) is 24.7. The number of benzene rings is 3. The fraction of sp³-hybridized carbons (Fsp3) is 0.207. The summed E-state index contributed by atoms with van der Waals surface area (Å²) < 4.78 is 21.5. The quantitative estimate of drug-likeness (QED) is 0.126. The predicted octanol–water partition coefficient (Wildman–Crippen LogP) is 4.69. The van der Waals surface area contributed by atoms with Crippen molar-refractivity contribution in [2.24, 2.45) is 0 Å². The summed E-state index contributed by atoms with van der Waals surface area (Å²) in [5, 5.41) is 12.2. The number of esters is 1. The van der Waals surface area contributed by atoms with Crippen molar-refractivity contribution >= 4 is 18.0 Å². The summed E-state index contributed by atoms with van der Waals surface area (Å²) >= 11 is 0. The number of ether oxygens (including phenoxy) is 4. The summed E-state index contributed by atoms with van der Waals surface area (Å²) in [5.74, 6) is 1.05. The Labute approximate surface area is 216 Å². The topological polar surface area (TPSA) is 107 Å². The molecular weight excluding hydrogens is 472 g/mol. The van der Waals surface area contributed by atoms with Gasteiger partial charge in [0, 0.05) is 13.0 Å². The van der Waals surface area contributed by atoms with Gasteiger partial charge in [-0.05, 0) is 60.0 Å². The molecule has 1 amide bonds. The third kappa shape index (κ3) is 8.44. The Hall–Kier alpha value is -4.77. The van der Waals surface area contributed by atoms with Crippen molar-refractivity contribution in [2.75, 3.05) is 20.8 Å². The Bertz CT molecular complexity index is 1260. The molecule has 8 nitrogen and oxygen atoms in total. The van der Waals surface area contributed by atoms with Crippen LogP contribution in [0.15, 0.2) is 78.4 Å². The fourth-order valence-corrected chi connectivity index (χ4v) is 3.30. The maximum absolute atomic E-state index is 12.4. The van der Waals surface area contributed by atoms with Gasteiger partial charge in [0.2, 0.25) is 0 Å². The van der Waals surface area contributed by atoms with Gasteiger partial charge in [-0.25, -0.2) is 0 Å². The molecule has 0 saturated heterocycles. The van der Waals surface area contributed by atoms with Crippen LogP contribution in [0.4, 0.5) is 0 Å². The summed E-state index contributed by atoms with van der Waals surface area (Å²) in [5.41, 5.74) is 1.42. The van der Waals surface area contributed by atoms with Gasteiger partial charge in [-0.1, -0.05) is 36.4 Å². The number of hydrogen-bond donors (Lipinski definition) is 1. The summed E-state index contributed by atoms with van der Waals surface area (Å²) in [6.07, 6.45) is 2.07. The highest BCUT2D eigenvalue weighted by Crippen LogP contribution is 2.29. The number of rotatable bonds is 12. The average Bonchev–Trinajstić information content (AvgIpc) is 2.94. The highest BCUT2D eigenvalue weighted by molar-refractivity contribution is 6.01.